The van der Waals surface area contributed by atoms with Crippen molar-refractivity contribution in [1.29, 1.82) is 0 Å². The molecule has 1 saturated heterocycles. The fourth-order valence-electron chi connectivity index (χ4n) is 2.92. The second kappa shape index (κ2) is 7.91. The van der Waals surface area contributed by atoms with E-state index in [0.29, 0.717) is 0 Å². The summed E-state index contributed by atoms with van der Waals surface area (Å²) in [6, 6.07) is 0. The van der Waals surface area contributed by atoms with Crippen molar-refractivity contribution in [2.45, 2.75) is 54.4 Å². The Labute approximate surface area is 172 Å². The van der Waals surface area contributed by atoms with E-state index in [1.165, 1.54) is 0 Å². The number of aliphatic hydroxyl groups excluding tert-OH is 3. The highest BCUT2D eigenvalue weighted by Crippen LogP contribution is 2.60. The van der Waals surface area contributed by atoms with Crippen LogP contribution in [0.1, 0.15) is 11.8 Å². The highest BCUT2D eigenvalue weighted by atomic mass is 19.4. The van der Waals surface area contributed by atoms with Crippen LogP contribution in [-0.2, 0) is 10.4 Å². The molecule has 0 spiro atoms. The third-order valence-corrected chi connectivity index (χ3v) is 4.70. The number of aromatic nitrogens is 2. The molecule has 1 unspecified atom stereocenters. The van der Waals surface area contributed by atoms with Gasteiger partial charge in [-0.3, -0.25) is 14.3 Å². The molecule has 8 nitrogen and oxygen atoms in total. The molecule has 0 bridgehead atoms. The minimum atomic E-state index is -7.70. The zero-order valence-corrected chi connectivity index (χ0v) is 15.3. The SMILES string of the molecule is O=c1[nH]c(=O)n([C@@H]2O[C@H](CO)[C@@H](O)[C@H]2O)cc1C(F)(C(F)(F)F)C(F)(F)C(F)(F)C(F)(F)F. The maximum Gasteiger partial charge on any atom is 0.460 e. The molecular weight excluding hydrogens is 501 g/mol. The Morgan fingerprint density at radius 1 is 0.879 bits per heavy atom. The monoisotopic (exact) mass is 512 g/mol. The van der Waals surface area contributed by atoms with Gasteiger partial charge in [0, 0.05) is 6.20 Å². The number of nitrogens with one attached hydrogen (secondary N) is 1. The summed E-state index contributed by atoms with van der Waals surface area (Å²) in [7, 11) is 0. The van der Waals surface area contributed by atoms with E-state index in [2.05, 4.69) is 4.74 Å². The largest absolute Gasteiger partial charge is 0.460 e. The summed E-state index contributed by atoms with van der Waals surface area (Å²) in [6.07, 6.45) is -24.2. The van der Waals surface area contributed by atoms with Crippen LogP contribution in [-0.4, -0.2) is 74.0 Å². The summed E-state index contributed by atoms with van der Waals surface area (Å²) < 4.78 is 151. The molecule has 0 aliphatic carbocycles. The molecule has 2 rings (SSSR count). The Morgan fingerprint density at radius 3 is 1.79 bits per heavy atom. The minimum Gasteiger partial charge on any atom is -0.394 e. The Morgan fingerprint density at radius 2 is 1.39 bits per heavy atom. The maximum absolute atomic E-state index is 14.8. The van der Waals surface area contributed by atoms with Gasteiger partial charge in [0.15, 0.2) is 6.23 Å². The summed E-state index contributed by atoms with van der Waals surface area (Å²) in [4.78, 5) is 24.4. The Bertz CT molecular complexity index is 1000. The number of nitrogens with zero attached hydrogens (tertiary/aromatic N) is 1. The van der Waals surface area contributed by atoms with E-state index in [1.54, 1.807) is 0 Å². The smallest absolute Gasteiger partial charge is 0.394 e. The van der Waals surface area contributed by atoms with Crippen LogP contribution in [0.5, 0.6) is 0 Å². The van der Waals surface area contributed by atoms with Gasteiger partial charge in [0.1, 0.15) is 18.3 Å². The summed E-state index contributed by atoms with van der Waals surface area (Å²) >= 11 is 0. The van der Waals surface area contributed by atoms with Gasteiger partial charge >= 0.3 is 35.6 Å². The Hall–Kier alpha value is -2.25. The van der Waals surface area contributed by atoms with E-state index in [-0.39, 0.29) is 0 Å². The lowest BCUT2D eigenvalue weighted by Crippen LogP contribution is -2.67. The third kappa shape index (κ3) is 3.79. The first kappa shape index (κ1) is 27.0. The molecule has 190 valence electrons. The lowest BCUT2D eigenvalue weighted by Gasteiger charge is -2.39. The third-order valence-electron chi connectivity index (χ3n) is 4.70. The van der Waals surface area contributed by atoms with Crippen LogP contribution in [0.2, 0.25) is 0 Å². The van der Waals surface area contributed by atoms with Gasteiger partial charge in [0.05, 0.1) is 12.2 Å². The van der Waals surface area contributed by atoms with Gasteiger partial charge in [-0.05, 0) is 0 Å². The van der Waals surface area contributed by atoms with Crippen molar-refractivity contribution in [2.75, 3.05) is 6.61 Å². The van der Waals surface area contributed by atoms with E-state index in [9.17, 15) is 68.1 Å². The summed E-state index contributed by atoms with van der Waals surface area (Å²) in [5.41, 5.74) is -14.9. The summed E-state index contributed by atoms with van der Waals surface area (Å²) in [6.45, 7) is -1.11. The number of hydrogen-bond acceptors (Lipinski definition) is 6. The predicted molar refractivity (Wildman–Crippen MR) is 79.1 cm³/mol. The summed E-state index contributed by atoms with van der Waals surface area (Å²) in [5, 5.41) is 28.3. The second-order valence-electron chi connectivity index (χ2n) is 6.74. The molecule has 1 aromatic rings. The molecule has 0 saturated carbocycles. The van der Waals surface area contributed by atoms with Gasteiger partial charge in [-0.15, -0.1) is 0 Å². The fraction of sp³-hybridized carbons (Fsp3) is 0.714. The number of aromatic amines is 1. The number of hydrogen-bond donors (Lipinski definition) is 4. The molecule has 1 aromatic heterocycles. The van der Waals surface area contributed by atoms with Crippen LogP contribution in [0.4, 0.5) is 48.3 Å². The van der Waals surface area contributed by atoms with Gasteiger partial charge in [-0.2, -0.15) is 43.9 Å². The highest BCUT2D eigenvalue weighted by molar-refractivity contribution is 5.26. The molecule has 1 aliphatic heterocycles. The van der Waals surface area contributed by atoms with E-state index in [0.717, 1.165) is 4.98 Å². The molecule has 2 heterocycles. The first-order valence-electron chi connectivity index (χ1n) is 8.23. The maximum atomic E-state index is 14.8. The molecule has 1 aliphatic rings. The van der Waals surface area contributed by atoms with Crippen LogP contribution in [0.3, 0.4) is 0 Å². The van der Waals surface area contributed by atoms with Crippen molar-refractivity contribution in [1.82, 2.24) is 9.55 Å². The molecule has 1 fully saturated rings. The number of H-pyrrole nitrogens is 1. The first-order chi connectivity index (χ1) is 14.7. The molecule has 33 heavy (non-hydrogen) atoms. The lowest BCUT2D eigenvalue weighted by atomic mass is 9.85. The van der Waals surface area contributed by atoms with E-state index < -0.39 is 88.6 Å². The normalized spacial score (nSPS) is 27.0. The fourth-order valence-corrected chi connectivity index (χ4v) is 2.92. The van der Waals surface area contributed by atoms with Gasteiger partial charge in [-0.1, -0.05) is 0 Å². The molecular formula is C14H11F11N2O6. The van der Waals surface area contributed by atoms with Crippen LogP contribution in [0, 0.1) is 0 Å². The predicted octanol–water partition coefficient (Wildman–Crippen LogP) is 0.708. The van der Waals surface area contributed by atoms with Crippen molar-refractivity contribution >= 4 is 0 Å². The molecule has 0 amide bonds. The minimum absolute atomic E-state index is 0.470. The number of aliphatic hydroxyl groups is 3. The number of ether oxygens (including phenoxy) is 1. The Kier molecular flexibility index (Phi) is 6.47. The molecule has 0 aromatic carbocycles. The van der Waals surface area contributed by atoms with Crippen molar-refractivity contribution in [3.05, 3.63) is 32.6 Å². The number of halogens is 11. The van der Waals surface area contributed by atoms with E-state index in [4.69, 9.17) is 5.11 Å². The summed E-state index contributed by atoms with van der Waals surface area (Å²) in [5.74, 6) is -15.4. The standard InChI is InChI=1S/C14H11F11N2O6/c15-10(13(20,21)22,11(16,17)12(18,19)14(23,24)25)3-1-27(9(32)26-7(3)31)8-6(30)5(29)4(2-28)33-8/h1,4-6,8,28-30H,2H2,(H,26,31,32)/t4-,5-,6-,8-,10?/m1/s1. The quantitative estimate of drug-likeness (QED) is 0.431. The highest BCUT2D eigenvalue weighted by Gasteiger charge is 2.87. The number of rotatable bonds is 5. The Balaban J connectivity index is 2.85. The van der Waals surface area contributed by atoms with Crippen LogP contribution in [0.25, 0.3) is 0 Å². The molecule has 0 radical (unpaired) electrons. The van der Waals surface area contributed by atoms with E-state index in [1.807, 2.05) is 0 Å². The average molecular weight is 512 g/mol. The van der Waals surface area contributed by atoms with Crippen molar-refractivity contribution in [3.8, 4) is 0 Å². The van der Waals surface area contributed by atoms with Crippen molar-refractivity contribution in [3.63, 3.8) is 0 Å². The number of alkyl halides is 11. The van der Waals surface area contributed by atoms with Gasteiger partial charge in [0.25, 0.3) is 5.56 Å². The topological polar surface area (TPSA) is 125 Å². The van der Waals surface area contributed by atoms with Crippen molar-refractivity contribution < 1.29 is 68.4 Å². The zero-order valence-electron chi connectivity index (χ0n) is 15.3. The first-order valence-corrected chi connectivity index (χ1v) is 8.23. The second-order valence-corrected chi connectivity index (χ2v) is 6.74. The van der Waals surface area contributed by atoms with Gasteiger partial charge in [-0.25, -0.2) is 9.18 Å². The lowest BCUT2D eigenvalue weighted by molar-refractivity contribution is -0.416. The van der Waals surface area contributed by atoms with E-state index >= 15 is 0 Å². The van der Waals surface area contributed by atoms with Gasteiger partial charge in [0.2, 0.25) is 0 Å². The molecule has 19 heteroatoms. The van der Waals surface area contributed by atoms with Crippen LogP contribution >= 0.6 is 0 Å². The van der Waals surface area contributed by atoms with Crippen LogP contribution < -0.4 is 11.2 Å². The van der Waals surface area contributed by atoms with Gasteiger partial charge < -0.3 is 20.1 Å². The van der Waals surface area contributed by atoms with Crippen LogP contribution in [0.15, 0.2) is 15.8 Å². The molecule has 5 atom stereocenters. The molecule has 4 N–H and O–H groups in total. The zero-order chi connectivity index (χ0) is 25.9. The van der Waals surface area contributed by atoms with Crippen molar-refractivity contribution in [2.24, 2.45) is 0 Å². The average Bonchev–Trinajstić information content (AvgIpc) is 2.93.